The van der Waals surface area contributed by atoms with E-state index in [9.17, 15) is 14.4 Å². The largest absolute Gasteiger partial charge is 0.463 e. The molecule has 0 aliphatic heterocycles. The van der Waals surface area contributed by atoms with Crippen LogP contribution < -0.4 is 0 Å². The van der Waals surface area contributed by atoms with E-state index in [-0.39, 0.29) is 17.9 Å². The fourth-order valence-corrected chi connectivity index (χ4v) is 3.01. The number of rotatable bonds is 9. The molecule has 0 bridgehead atoms. The Morgan fingerprint density at radius 1 is 0.647 bits per heavy atom. The monoisotopic (exact) mass is 576 g/mol. The molecule has 2 aromatic carbocycles. The average Bonchev–Trinajstić information content (AvgIpc) is 2.82. The maximum absolute atomic E-state index is 11.2. The zero-order valence-corrected chi connectivity index (χ0v) is 21.7. The summed E-state index contributed by atoms with van der Waals surface area (Å²) in [5.74, 6) is -1.05. The van der Waals surface area contributed by atoms with Crippen molar-refractivity contribution in [3.8, 4) is 0 Å². The van der Waals surface area contributed by atoms with E-state index in [1.54, 1.807) is 39.0 Å². The lowest BCUT2D eigenvalue weighted by molar-refractivity contribution is -0.138. The van der Waals surface area contributed by atoms with Gasteiger partial charge >= 0.3 is 17.9 Å². The minimum atomic E-state index is -0.375. The van der Waals surface area contributed by atoms with Crippen LogP contribution in [-0.2, 0) is 28.6 Å². The Balaban J connectivity index is 0.000000362. The zero-order valence-electron chi connectivity index (χ0n) is 19.5. The summed E-state index contributed by atoms with van der Waals surface area (Å²) >= 11 is 2.23. The summed E-state index contributed by atoms with van der Waals surface area (Å²) in [6.07, 6.45) is 9.27. The third-order valence-corrected chi connectivity index (χ3v) is 4.53. The molecule has 0 saturated heterocycles. The number of ether oxygens (including phenoxy) is 3. The van der Waals surface area contributed by atoms with Crippen molar-refractivity contribution in [2.75, 3.05) is 19.8 Å². The average molecular weight is 576 g/mol. The third-order valence-electron chi connectivity index (χ3n) is 3.85. The number of halogens is 1. The van der Waals surface area contributed by atoms with Crippen LogP contribution in [0.1, 0.15) is 37.5 Å². The number of esters is 3. The lowest BCUT2D eigenvalue weighted by Crippen LogP contribution is -1.98. The molecule has 0 atom stereocenters. The molecule has 0 radical (unpaired) electrons. The molecule has 180 valence electrons. The quantitative estimate of drug-likeness (QED) is 0.165. The second kappa shape index (κ2) is 17.3. The summed E-state index contributed by atoms with van der Waals surface area (Å²) < 4.78 is 15.5. The van der Waals surface area contributed by atoms with E-state index >= 15 is 0 Å². The number of hydrogen-bond donors (Lipinski definition) is 0. The molecule has 0 aliphatic rings. The Hall–Kier alpha value is -3.20. The first-order valence-electron chi connectivity index (χ1n) is 10.8. The third kappa shape index (κ3) is 13.4. The Bertz CT molecular complexity index is 980. The van der Waals surface area contributed by atoms with Crippen LogP contribution in [0.4, 0.5) is 0 Å². The van der Waals surface area contributed by atoms with Crippen LogP contribution in [0, 0.1) is 3.57 Å². The molecule has 0 aromatic heterocycles. The minimum Gasteiger partial charge on any atom is -0.463 e. The molecule has 0 saturated carbocycles. The predicted octanol–water partition coefficient (Wildman–Crippen LogP) is 5.71. The van der Waals surface area contributed by atoms with Crippen molar-refractivity contribution in [2.24, 2.45) is 0 Å². The van der Waals surface area contributed by atoms with Crippen LogP contribution in [0.25, 0.3) is 18.2 Å². The summed E-state index contributed by atoms with van der Waals surface area (Å²) in [6.45, 7) is 6.42. The second-order valence-electron chi connectivity index (χ2n) is 6.48. The van der Waals surface area contributed by atoms with E-state index in [0.29, 0.717) is 19.8 Å². The molecule has 2 rings (SSSR count). The smallest absolute Gasteiger partial charge is 0.330 e. The van der Waals surface area contributed by atoms with Gasteiger partial charge in [0.2, 0.25) is 0 Å². The fraction of sp³-hybridized carbons (Fsp3) is 0.222. The van der Waals surface area contributed by atoms with E-state index in [2.05, 4.69) is 22.6 Å². The highest BCUT2D eigenvalue weighted by atomic mass is 127. The highest BCUT2D eigenvalue weighted by Gasteiger charge is 1.97. The normalized spacial score (nSPS) is 10.7. The molecule has 0 unspecified atom stereocenters. The molecule has 0 aliphatic carbocycles. The molecule has 6 nitrogen and oxygen atoms in total. The lowest BCUT2D eigenvalue weighted by Gasteiger charge is -1.98. The first-order valence-corrected chi connectivity index (χ1v) is 11.9. The summed E-state index contributed by atoms with van der Waals surface area (Å²) in [5, 5.41) is 0. The van der Waals surface area contributed by atoms with Crippen molar-refractivity contribution in [3.05, 3.63) is 87.0 Å². The van der Waals surface area contributed by atoms with E-state index in [0.717, 1.165) is 20.3 Å². The van der Waals surface area contributed by atoms with Gasteiger partial charge in [0.15, 0.2) is 0 Å². The predicted molar refractivity (Wildman–Crippen MR) is 143 cm³/mol. The molecule has 0 N–H and O–H groups in total. The Morgan fingerprint density at radius 3 is 1.35 bits per heavy atom. The van der Waals surface area contributed by atoms with Gasteiger partial charge in [-0.1, -0.05) is 30.3 Å². The molecule has 34 heavy (non-hydrogen) atoms. The van der Waals surface area contributed by atoms with Crippen molar-refractivity contribution in [1.82, 2.24) is 0 Å². The van der Waals surface area contributed by atoms with Gasteiger partial charge in [0.1, 0.15) is 0 Å². The van der Waals surface area contributed by atoms with Crippen LogP contribution >= 0.6 is 22.6 Å². The summed E-state index contributed by atoms with van der Waals surface area (Å²) in [6, 6.07) is 15.3. The molecule has 0 fully saturated rings. The SMILES string of the molecule is CCOC(=O)/C=C/c1cccc(/C=C/C(=O)OCC)c1.CCOC(=O)/C=C/c1cccc(I)c1. The van der Waals surface area contributed by atoms with E-state index in [1.165, 1.54) is 18.2 Å². The molecule has 7 heteroatoms. The van der Waals surface area contributed by atoms with Crippen molar-refractivity contribution in [2.45, 2.75) is 20.8 Å². The molecular weight excluding hydrogens is 547 g/mol. The first kappa shape index (κ1) is 28.8. The van der Waals surface area contributed by atoms with Crippen LogP contribution in [0.15, 0.2) is 66.8 Å². The zero-order chi connectivity index (χ0) is 25.2. The molecular formula is C27H29IO6. The van der Waals surface area contributed by atoms with Crippen LogP contribution in [0.3, 0.4) is 0 Å². The van der Waals surface area contributed by atoms with Crippen LogP contribution in [-0.4, -0.2) is 37.7 Å². The van der Waals surface area contributed by atoms with Crippen molar-refractivity contribution in [1.29, 1.82) is 0 Å². The van der Waals surface area contributed by atoms with Gasteiger partial charge in [-0.25, -0.2) is 14.4 Å². The van der Waals surface area contributed by atoms with Gasteiger partial charge in [-0.15, -0.1) is 0 Å². The lowest BCUT2D eigenvalue weighted by atomic mass is 10.1. The van der Waals surface area contributed by atoms with Crippen molar-refractivity contribution >= 4 is 58.7 Å². The highest BCUT2D eigenvalue weighted by molar-refractivity contribution is 14.1. The Labute approximate surface area is 214 Å². The Kier molecular flexibility index (Phi) is 14.7. The number of carbonyl (C=O) groups is 3. The number of hydrogen-bond acceptors (Lipinski definition) is 6. The molecule has 0 amide bonds. The maximum atomic E-state index is 11.2. The minimum absolute atomic E-state index is 0.300. The second-order valence-corrected chi connectivity index (χ2v) is 7.73. The van der Waals surface area contributed by atoms with Crippen LogP contribution in [0.5, 0.6) is 0 Å². The molecule has 0 spiro atoms. The molecule has 2 aromatic rings. The van der Waals surface area contributed by atoms with E-state index < -0.39 is 0 Å². The van der Waals surface area contributed by atoms with Crippen LogP contribution in [0.2, 0.25) is 0 Å². The van der Waals surface area contributed by atoms with Gasteiger partial charge in [-0.05, 0) is 96.5 Å². The topological polar surface area (TPSA) is 78.9 Å². The van der Waals surface area contributed by atoms with Gasteiger partial charge in [-0.3, -0.25) is 0 Å². The van der Waals surface area contributed by atoms with Crippen molar-refractivity contribution in [3.63, 3.8) is 0 Å². The standard InChI is InChI=1S/C16H18O4.C11H11IO2/c1-3-19-15(17)10-8-13-6-5-7-14(12-13)9-11-16(18)20-4-2;1-2-14-11(13)7-6-9-4-3-5-10(12)8-9/h5-12H,3-4H2,1-2H3;3-8H,2H2,1H3/b10-8+,11-9+;7-6+. The first-order chi connectivity index (χ1) is 16.4. The molecule has 0 heterocycles. The van der Waals surface area contributed by atoms with Crippen molar-refractivity contribution < 1.29 is 28.6 Å². The van der Waals surface area contributed by atoms with Gasteiger partial charge in [-0.2, -0.15) is 0 Å². The number of benzene rings is 2. The highest BCUT2D eigenvalue weighted by Crippen LogP contribution is 2.10. The van der Waals surface area contributed by atoms with E-state index in [1.807, 2.05) is 48.5 Å². The maximum Gasteiger partial charge on any atom is 0.330 e. The van der Waals surface area contributed by atoms with Gasteiger partial charge in [0.25, 0.3) is 0 Å². The fourth-order valence-electron chi connectivity index (χ4n) is 2.44. The summed E-state index contributed by atoms with van der Waals surface area (Å²) in [4.78, 5) is 33.4. The van der Waals surface area contributed by atoms with Gasteiger partial charge < -0.3 is 14.2 Å². The number of carbonyl (C=O) groups excluding carboxylic acids is 3. The van der Waals surface area contributed by atoms with Gasteiger partial charge in [0, 0.05) is 21.8 Å². The summed E-state index contributed by atoms with van der Waals surface area (Å²) in [7, 11) is 0. The van der Waals surface area contributed by atoms with Gasteiger partial charge in [0.05, 0.1) is 19.8 Å². The van der Waals surface area contributed by atoms with E-state index in [4.69, 9.17) is 14.2 Å². The Morgan fingerprint density at radius 2 is 1.00 bits per heavy atom. The summed E-state index contributed by atoms with van der Waals surface area (Å²) in [5.41, 5.74) is 2.71.